The van der Waals surface area contributed by atoms with Gasteiger partial charge in [-0.1, -0.05) is 0 Å². The number of aryl methyl sites for hydroxylation is 2. The van der Waals surface area contributed by atoms with Gasteiger partial charge in [-0.25, -0.2) is 9.67 Å². The summed E-state index contributed by atoms with van der Waals surface area (Å²) in [6.45, 7) is 5.70. The quantitative estimate of drug-likeness (QED) is 0.907. The van der Waals surface area contributed by atoms with Crippen LogP contribution in [0.4, 0.5) is 5.69 Å². The monoisotopic (exact) mass is 299 g/mol. The molecular formula is C16H21N5O. The van der Waals surface area contributed by atoms with Crippen LogP contribution in [0.1, 0.15) is 24.2 Å². The first-order valence-corrected chi connectivity index (χ1v) is 7.65. The predicted molar refractivity (Wildman–Crippen MR) is 85.1 cm³/mol. The van der Waals surface area contributed by atoms with E-state index in [-0.39, 0.29) is 11.8 Å². The van der Waals surface area contributed by atoms with E-state index in [0.717, 1.165) is 48.8 Å². The Balaban J connectivity index is 1.69. The molecule has 1 fully saturated rings. The van der Waals surface area contributed by atoms with Crippen LogP contribution in [0.2, 0.25) is 0 Å². The second-order valence-electron chi connectivity index (χ2n) is 5.78. The Morgan fingerprint density at radius 1 is 1.41 bits per heavy atom. The molecule has 2 aromatic heterocycles. The summed E-state index contributed by atoms with van der Waals surface area (Å²) in [6, 6.07) is 5.74. The number of piperidine rings is 1. The van der Waals surface area contributed by atoms with Gasteiger partial charge in [0.25, 0.3) is 0 Å². The molecule has 0 bridgehead atoms. The third-order valence-corrected chi connectivity index (χ3v) is 3.91. The van der Waals surface area contributed by atoms with E-state index < -0.39 is 0 Å². The minimum atomic E-state index is 0.0458. The van der Waals surface area contributed by atoms with E-state index in [1.54, 1.807) is 10.9 Å². The van der Waals surface area contributed by atoms with Crippen molar-refractivity contribution in [3.8, 4) is 5.82 Å². The highest BCUT2D eigenvalue weighted by Gasteiger charge is 2.20. The molecule has 1 amide bonds. The molecule has 0 radical (unpaired) electrons. The van der Waals surface area contributed by atoms with Gasteiger partial charge in [0.1, 0.15) is 0 Å². The van der Waals surface area contributed by atoms with Crippen molar-refractivity contribution in [3.05, 3.63) is 35.8 Å². The van der Waals surface area contributed by atoms with Crippen molar-refractivity contribution in [1.82, 2.24) is 20.1 Å². The first-order valence-electron chi connectivity index (χ1n) is 7.65. The van der Waals surface area contributed by atoms with Gasteiger partial charge in [-0.15, -0.1) is 0 Å². The SMILES string of the molecule is Cc1cc(C)n(-c2ccc(NC(=O)[C@@H]3CCCNC3)cn2)n1. The standard InChI is InChI=1S/C16H21N5O/c1-11-8-12(2)21(20-11)15-6-5-14(10-18-15)19-16(22)13-4-3-7-17-9-13/h5-6,8,10,13,17H,3-4,7,9H2,1-2H3,(H,19,22)/t13-/m1/s1. The van der Waals surface area contributed by atoms with Crippen LogP contribution >= 0.6 is 0 Å². The van der Waals surface area contributed by atoms with E-state index in [1.807, 2.05) is 32.0 Å². The number of pyridine rings is 1. The van der Waals surface area contributed by atoms with Gasteiger partial charge in [-0.3, -0.25) is 4.79 Å². The molecule has 116 valence electrons. The summed E-state index contributed by atoms with van der Waals surface area (Å²) in [7, 11) is 0. The first-order chi connectivity index (χ1) is 10.6. The molecule has 1 aliphatic heterocycles. The zero-order valence-corrected chi connectivity index (χ0v) is 13.0. The second-order valence-corrected chi connectivity index (χ2v) is 5.78. The number of hydrogen-bond donors (Lipinski definition) is 2. The number of aromatic nitrogens is 3. The van der Waals surface area contributed by atoms with Crippen molar-refractivity contribution in [2.75, 3.05) is 18.4 Å². The maximum atomic E-state index is 12.2. The van der Waals surface area contributed by atoms with E-state index in [2.05, 4.69) is 20.7 Å². The number of hydrogen-bond acceptors (Lipinski definition) is 4. The van der Waals surface area contributed by atoms with Gasteiger partial charge < -0.3 is 10.6 Å². The molecule has 6 heteroatoms. The predicted octanol–water partition coefficient (Wildman–Crippen LogP) is 1.82. The summed E-state index contributed by atoms with van der Waals surface area (Å²) < 4.78 is 1.80. The molecule has 0 unspecified atom stereocenters. The molecule has 2 aromatic rings. The zero-order valence-electron chi connectivity index (χ0n) is 13.0. The van der Waals surface area contributed by atoms with Crippen LogP contribution in [0.15, 0.2) is 24.4 Å². The number of anilines is 1. The van der Waals surface area contributed by atoms with Crippen LogP contribution in [-0.2, 0) is 4.79 Å². The fraction of sp³-hybridized carbons (Fsp3) is 0.438. The molecule has 6 nitrogen and oxygen atoms in total. The molecule has 0 saturated carbocycles. The molecular weight excluding hydrogens is 278 g/mol. The maximum absolute atomic E-state index is 12.2. The van der Waals surface area contributed by atoms with E-state index in [0.29, 0.717) is 0 Å². The van der Waals surface area contributed by atoms with Crippen molar-refractivity contribution in [1.29, 1.82) is 0 Å². The minimum absolute atomic E-state index is 0.0458. The van der Waals surface area contributed by atoms with Crippen LogP contribution in [0, 0.1) is 19.8 Å². The summed E-state index contributed by atoms with van der Waals surface area (Å²) >= 11 is 0. The highest BCUT2D eigenvalue weighted by molar-refractivity contribution is 5.92. The molecule has 22 heavy (non-hydrogen) atoms. The summed E-state index contributed by atoms with van der Waals surface area (Å²) in [6.07, 6.45) is 3.67. The van der Waals surface area contributed by atoms with Gasteiger partial charge in [0.2, 0.25) is 5.91 Å². The highest BCUT2D eigenvalue weighted by Crippen LogP contribution is 2.15. The topological polar surface area (TPSA) is 71.8 Å². The molecule has 3 rings (SSSR count). The van der Waals surface area contributed by atoms with Crippen molar-refractivity contribution in [3.63, 3.8) is 0 Å². The van der Waals surface area contributed by atoms with Crippen LogP contribution in [0.3, 0.4) is 0 Å². The molecule has 1 aliphatic rings. The average molecular weight is 299 g/mol. The van der Waals surface area contributed by atoms with E-state index in [9.17, 15) is 4.79 Å². The lowest BCUT2D eigenvalue weighted by molar-refractivity contribution is -0.120. The van der Waals surface area contributed by atoms with E-state index in [1.165, 1.54) is 0 Å². The Morgan fingerprint density at radius 3 is 2.86 bits per heavy atom. The molecule has 0 aliphatic carbocycles. The second kappa shape index (κ2) is 6.27. The van der Waals surface area contributed by atoms with Gasteiger partial charge in [0.05, 0.1) is 23.5 Å². The first kappa shape index (κ1) is 14.7. The number of rotatable bonds is 3. The third-order valence-electron chi connectivity index (χ3n) is 3.91. The van der Waals surface area contributed by atoms with E-state index >= 15 is 0 Å². The lowest BCUT2D eigenvalue weighted by Gasteiger charge is -2.21. The Morgan fingerprint density at radius 2 is 2.27 bits per heavy atom. The number of nitrogens with zero attached hydrogens (tertiary/aromatic N) is 3. The Bertz CT molecular complexity index is 656. The van der Waals surface area contributed by atoms with Crippen LogP contribution in [0.25, 0.3) is 5.82 Å². The van der Waals surface area contributed by atoms with Crippen molar-refractivity contribution < 1.29 is 4.79 Å². The molecule has 1 saturated heterocycles. The van der Waals surface area contributed by atoms with Crippen LogP contribution in [-0.4, -0.2) is 33.8 Å². The Kier molecular flexibility index (Phi) is 4.20. The van der Waals surface area contributed by atoms with Gasteiger partial charge in [0.15, 0.2) is 5.82 Å². The number of carbonyl (C=O) groups is 1. The summed E-state index contributed by atoms with van der Waals surface area (Å²) in [4.78, 5) is 16.6. The molecule has 0 aromatic carbocycles. The molecule has 0 spiro atoms. The van der Waals surface area contributed by atoms with Gasteiger partial charge in [-0.2, -0.15) is 5.10 Å². The Hall–Kier alpha value is -2.21. The van der Waals surface area contributed by atoms with E-state index in [4.69, 9.17) is 0 Å². The molecule has 2 N–H and O–H groups in total. The zero-order chi connectivity index (χ0) is 15.5. The minimum Gasteiger partial charge on any atom is -0.324 e. The Labute approximate surface area is 129 Å². The third kappa shape index (κ3) is 3.17. The fourth-order valence-corrected chi connectivity index (χ4v) is 2.77. The summed E-state index contributed by atoms with van der Waals surface area (Å²) in [5.74, 6) is 0.861. The lowest BCUT2D eigenvalue weighted by Crippen LogP contribution is -2.37. The summed E-state index contributed by atoms with van der Waals surface area (Å²) in [5.41, 5.74) is 2.72. The van der Waals surface area contributed by atoms with Gasteiger partial charge in [0, 0.05) is 12.2 Å². The lowest BCUT2D eigenvalue weighted by atomic mass is 9.99. The molecule has 3 heterocycles. The van der Waals surface area contributed by atoms with Gasteiger partial charge >= 0.3 is 0 Å². The number of amides is 1. The maximum Gasteiger partial charge on any atom is 0.228 e. The normalized spacial score (nSPS) is 18.2. The van der Waals surface area contributed by atoms with Crippen molar-refractivity contribution in [2.45, 2.75) is 26.7 Å². The van der Waals surface area contributed by atoms with Crippen LogP contribution < -0.4 is 10.6 Å². The fourth-order valence-electron chi connectivity index (χ4n) is 2.77. The number of carbonyl (C=O) groups excluding carboxylic acids is 1. The van der Waals surface area contributed by atoms with Crippen molar-refractivity contribution >= 4 is 11.6 Å². The average Bonchev–Trinajstić information content (AvgIpc) is 2.87. The smallest absolute Gasteiger partial charge is 0.228 e. The largest absolute Gasteiger partial charge is 0.324 e. The van der Waals surface area contributed by atoms with Crippen LogP contribution in [0.5, 0.6) is 0 Å². The summed E-state index contributed by atoms with van der Waals surface area (Å²) in [5, 5.41) is 10.6. The highest BCUT2D eigenvalue weighted by atomic mass is 16.1. The molecule has 1 atom stereocenters. The van der Waals surface area contributed by atoms with Gasteiger partial charge in [-0.05, 0) is 51.4 Å². The number of nitrogens with one attached hydrogen (secondary N) is 2. The van der Waals surface area contributed by atoms with Crippen molar-refractivity contribution in [2.24, 2.45) is 5.92 Å².